The molecule has 1 aliphatic rings. The minimum Gasteiger partial charge on any atom is -0.467 e. The first-order chi connectivity index (χ1) is 13.0. The zero-order chi connectivity index (χ0) is 19.2. The maximum absolute atomic E-state index is 12.7. The van der Waals surface area contributed by atoms with Gasteiger partial charge in [0.25, 0.3) is 5.91 Å². The minimum atomic E-state index is 0.0601. The number of hydrogen-bond donors (Lipinski definition) is 0. The minimum absolute atomic E-state index is 0.0601. The highest BCUT2D eigenvalue weighted by Crippen LogP contribution is 2.12. The fourth-order valence-electron chi connectivity index (χ4n) is 3.33. The Bertz CT molecular complexity index is 773. The third kappa shape index (κ3) is 5.20. The first-order valence-corrected chi connectivity index (χ1v) is 9.37. The van der Waals surface area contributed by atoms with Gasteiger partial charge in [-0.3, -0.25) is 14.5 Å². The van der Waals surface area contributed by atoms with Crippen LogP contribution in [0.15, 0.2) is 47.1 Å². The normalized spacial score (nSPS) is 15.4. The van der Waals surface area contributed by atoms with Crippen molar-refractivity contribution in [3.63, 3.8) is 0 Å². The van der Waals surface area contributed by atoms with Gasteiger partial charge in [-0.25, -0.2) is 0 Å². The van der Waals surface area contributed by atoms with Crippen molar-refractivity contribution in [2.45, 2.75) is 19.9 Å². The topological polar surface area (TPSA) is 57.0 Å². The molecule has 2 aromatic rings. The van der Waals surface area contributed by atoms with Crippen molar-refractivity contribution in [2.24, 2.45) is 0 Å². The molecule has 2 heterocycles. The number of furan rings is 1. The Morgan fingerprint density at radius 3 is 2.70 bits per heavy atom. The zero-order valence-electron chi connectivity index (χ0n) is 16.1. The fraction of sp³-hybridized carbons (Fsp3) is 0.429. The maximum Gasteiger partial charge on any atom is 0.253 e. The molecule has 6 nitrogen and oxygen atoms in total. The Labute approximate surface area is 160 Å². The van der Waals surface area contributed by atoms with Crippen molar-refractivity contribution in [1.29, 1.82) is 0 Å². The molecule has 0 radical (unpaired) electrons. The number of benzene rings is 1. The lowest BCUT2D eigenvalue weighted by Gasteiger charge is -2.24. The number of hydrogen-bond acceptors (Lipinski definition) is 4. The van der Waals surface area contributed by atoms with E-state index in [1.54, 1.807) is 18.2 Å². The molecule has 1 aromatic carbocycles. The summed E-state index contributed by atoms with van der Waals surface area (Å²) in [6.07, 6.45) is 2.48. The van der Waals surface area contributed by atoms with Crippen molar-refractivity contribution in [3.8, 4) is 0 Å². The van der Waals surface area contributed by atoms with Gasteiger partial charge >= 0.3 is 0 Å². The van der Waals surface area contributed by atoms with Gasteiger partial charge in [0.15, 0.2) is 0 Å². The predicted molar refractivity (Wildman–Crippen MR) is 103 cm³/mol. The molecule has 0 spiro atoms. The van der Waals surface area contributed by atoms with Crippen molar-refractivity contribution >= 4 is 11.8 Å². The molecule has 1 saturated heterocycles. The first-order valence-electron chi connectivity index (χ1n) is 9.37. The van der Waals surface area contributed by atoms with Crippen LogP contribution < -0.4 is 0 Å². The smallest absolute Gasteiger partial charge is 0.253 e. The highest BCUT2D eigenvalue weighted by molar-refractivity contribution is 5.94. The Morgan fingerprint density at radius 1 is 1.11 bits per heavy atom. The van der Waals surface area contributed by atoms with Crippen LogP contribution in [0.4, 0.5) is 0 Å². The third-order valence-corrected chi connectivity index (χ3v) is 4.90. The molecule has 0 N–H and O–H groups in total. The van der Waals surface area contributed by atoms with Crippen molar-refractivity contribution < 1.29 is 14.0 Å². The van der Waals surface area contributed by atoms with Gasteiger partial charge in [0.1, 0.15) is 5.76 Å². The zero-order valence-corrected chi connectivity index (χ0v) is 16.1. The highest BCUT2D eigenvalue weighted by atomic mass is 16.3. The second-order valence-electron chi connectivity index (χ2n) is 7.12. The van der Waals surface area contributed by atoms with Crippen LogP contribution in [0.2, 0.25) is 0 Å². The van der Waals surface area contributed by atoms with Crippen LogP contribution in [0.3, 0.4) is 0 Å². The average Bonchev–Trinajstić information content (AvgIpc) is 3.05. The lowest BCUT2D eigenvalue weighted by molar-refractivity contribution is -0.131. The molecule has 1 fully saturated rings. The quantitative estimate of drug-likeness (QED) is 0.812. The number of carbonyl (C=O) groups excluding carboxylic acids is 2. The lowest BCUT2D eigenvalue weighted by atomic mass is 10.1. The van der Waals surface area contributed by atoms with Gasteiger partial charge in [0.2, 0.25) is 5.91 Å². The second-order valence-corrected chi connectivity index (χ2v) is 7.12. The van der Waals surface area contributed by atoms with E-state index < -0.39 is 0 Å². The van der Waals surface area contributed by atoms with Gasteiger partial charge in [-0.2, -0.15) is 0 Å². The molecular formula is C21H27N3O3. The average molecular weight is 369 g/mol. The Morgan fingerprint density at radius 2 is 1.96 bits per heavy atom. The standard InChI is InChI=1S/C21H27N3O3/c1-17-6-3-7-18(14-17)21(26)24-10-5-9-23(11-12-24)16-20(25)22(2)15-19-8-4-13-27-19/h3-4,6-8,13-14H,5,9-12,15-16H2,1-2H3. The van der Waals surface area contributed by atoms with Gasteiger partial charge in [-0.15, -0.1) is 0 Å². The van der Waals surface area contributed by atoms with Crippen LogP contribution in [0.25, 0.3) is 0 Å². The summed E-state index contributed by atoms with van der Waals surface area (Å²) in [5.74, 6) is 0.906. The molecule has 3 rings (SSSR count). The van der Waals surface area contributed by atoms with Crippen LogP contribution in [-0.4, -0.2) is 66.3 Å². The van der Waals surface area contributed by atoms with E-state index in [-0.39, 0.29) is 11.8 Å². The van der Waals surface area contributed by atoms with E-state index >= 15 is 0 Å². The number of likely N-dealkylation sites (N-methyl/N-ethyl adjacent to an activating group) is 1. The molecule has 0 atom stereocenters. The summed E-state index contributed by atoms with van der Waals surface area (Å²) in [6.45, 7) is 5.71. The van der Waals surface area contributed by atoms with E-state index in [0.29, 0.717) is 26.2 Å². The van der Waals surface area contributed by atoms with Gasteiger partial charge in [0, 0.05) is 38.8 Å². The van der Waals surface area contributed by atoms with Crippen LogP contribution >= 0.6 is 0 Å². The summed E-state index contributed by atoms with van der Waals surface area (Å²) in [6, 6.07) is 11.4. The van der Waals surface area contributed by atoms with Gasteiger partial charge in [-0.05, 0) is 37.6 Å². The molecule has 27 heavy (non-hydrogen) atoms. The second kappa shape index (κ2) is 8.86. The summed E-state index contributed by atoms with van der Waals surface area (Å²) in [7, 11) is 1.79. The largest absolute Gasteiger partial charge is 0.467 e. The van der Waals surface area contributed by atoms with Gasteiger partial charge < -0.3 is 14.2 Å². The molecule has 0 unspecified atom stereocenters. The van der Waals surface area contributed by atoms with E-state index in [4.69, 9.17) is 4.42 Å². The molecule has 0 aliphatic carbocycles. The van der Waals surface area contributed by atoms with Crippen LogP contribution in [0.5, 0.6) is 0 Å². The summed E-state index contributed by atoms with van der Waals surface area (Å²) in [5, 5.41) is 0. The van der Waals surface area contributed by atoms with E-state index in [9.17, 15) is 9.59 Å². The van der Waals surface area contributed by atoms with E-state index in [1.165, 1.54) is 0 Å². The van der Waals surface area contributed by atoms with Crippen molar-refractivity contribution in [2.75, 3.05) is 39.8 Å². The summed E-state index contributed by atoms with van der Waals surface area (Å²) in [4.78, 5) is 30.9. The van der Waals surface area contributed by atoms with E-state index in [0.717, 1.165) is 36.4 Å². The Hall–Kier alpha value is -2.60. The predicted octanol–water partition coefficient (Wildman–Crippen LogP) is 2.39. The summed E-state index contributed by atoms with van der Waals surface area (Å²) >= 11 is 0. The molecule has 0 bridgehead atoms. The van der Waals surface area contributed by atoms with Gasteiger partial charge in [-0.1, -0.05) is 17.7 Å². The number of carbonyl (C=O) groups is 2. The van der Waals surface area contributed by atoms with Crippen molar-refractivity contribution in [1.82, 2.24) is 14.7 Å². The first kappa shape index (κ1) is 19.2. The Balaban J connectivity index is 1.52. The van der Waals surface area contributed by atoms with Crippen molar-refractivity contribution in [3.05, 3.63) is 59.5 Å². The molecule has 1 aliphatic heterocycles. The molecule has 2 amide bonds. The molecule has 144 valence electrons. The maximum atomic E-state index is 12.7. The van der Waals surface area contributed by atoms with Gasteiger partial charge in [0.05, 0.1) is 19.4 Å². The molecule has 1 aromatic heterocycles. The third-order valence-electron chi connectivity index (χ3n) is 4.90. The number of rotatable bonds is 5. The number of amides is 2. The monoisotopic (exact) mass is 369 g/mol. The number of nitrogens with zero attached hydrogens (tertiary/aromatic N) is 3. The summed E-state index contributed by atoms with van der Waals surface area (Å²) < 4.78 is 5.30. The Kier molecular flexibility index (Phi) is 6.29. The van der Waals surface area contributed by atoms with Crippen LogP contribution in [-0.2, 0) is 11.3 Å². The molecule has 6 heteroatoms. The number of aryl methyl sites for hydroxylation is 1. The van der Waals surface area contributed by atoms with Crippen LogP contribution in [0.1, 0.15) is 28.1 Å². The molecular weight excluding hydrogens is 342 g/mol. The summed E-state index contributed by atoms with van der Waals surface area (Å²) in [5.41, 5.74) is 1.82. The van der Waals surface area contributed by atoms with E-state index in [2.05, 4.69) is 4.90 Å². The molecule has 0 saturated carbocycles. The van der Waals surface area contributed by atoms with E-state index in [1.807, 2.05) is 48.2 Å². The SMILES string of the molecule is Cc1cccc(C(=O)N2CCCN(CC(=O)N(C)Cc3ccco3)CC2)c1. The fourth-order valence-corrected chi connectivity index (χ4v) is 3.33. The highest BCUT2D eigenvalue weighted by Gasteiger charge is 2.22. The van der Waals surface area contributed by atoms with Crippen LogP contribution in [0, 0.1) is 6.92 Å². The lowest BCUT2D eigenvalue weighted by Crippen LogP contribution is -2.40.